The summed E-state index contributed by atoms with van der Waals surface area (Å²) >= 11 is 0. The van der Waals surface area contributed by atoms with E-state index in [0.717, 1.165) is 22.3 Å². The summed E-state index contributed by atoms with van der Waals surface area (Å²) < 4.78 is 25.3. The lowest BCUT2D eigenvalue weighted by Gasteiger charge is -2.38. The maximum Gasteiger partial charge on any atom is 0.306 e. The van der Waals surface area contributed by atoms with E-state index >= 15 is 0 Å². The van der Waals surface area contributed by atoms with Gasteiger partial charge in [0.2, 0.25) is 11.6 Å². The van der Waals surface area contributed by atoms with Crippen LogP contribution in [0.25, 0.3) is 11.1 Å². The Hall–Kier alpha value is -3.04. The molecule has 1 aliphatic rings. The maximum atomic E-state index is 12.5. The first-order valence-corrected chi connectivity index (χ1v) is 14.5. The van der Waals surface area contributed by atoms with E-state index in [2.05, 4.69) is 37.4 Å². The van der Waals surface area contributed by atoms with Crippen LogP contribution >= 0.6 is 0 Å². The lowest BCUT2D eigenvalue weighted by atomic mass is 9.42. The Bertz CT molecular complexity index is 1300. The van der Waals surface area contributed by atoms with Gasteiger partial charge in [-0.2, -0.15) is 0 Å². The molecule has 2 aromatic carbocycles. The third kappa shape index (κ3) is 7.73. The number of hydrogen-bond donors (Lipinski definition) is 2. The van der Waals surface area contributed by atoms with E-state index in [4.69, 9.17) is 30.1 Å². The van der Waals surface area contributed by atoms with Crippen molar-refractivity contribution in [3.8, 4) is 11.1 Å². The van der Waals surface area contributed by atoms with Gasteiger partial charge in [-0.25, -0.2) is 0 Å². The molecule has 0 saturated heterocycles. The predicted octanol–water partition coefficient (Wildman–Crippen LogP) is 2.45. The Balaban J connectivity index is 1.89. The van der Waals surface area contributed by atoms with Crippen molar-refractivity contribution in [3.05, 3.63) is 84.2 Å². The SMILES string of the molecule is C=C(N)C(=O)C(C)(C)OBC(C)(C)OBC1(BOC(C)(C)BOC(C)(C)C(=O)C(=C)N)c2ccccc2-c2ccccc21. The molecule has 43 heavy (non-hydrogen) atoms. The number of carbonyl (C=O) groups excluding carboxylic acids is 2. The van der Waals surface area contributed by atoms with Crippen LogP contribution in [0.5, 0.6) is 0 Å². The molecule has 0 spiro atoms. The molecule has 0 amide bonds. The third-order valence-electron chi connectivity index (χ3n) is 7.83. The maximum absolute atomic E-state index is 12.5. The van der Waals surface area contributed by atoms with E-state index in [1.54, 1.807) is 27.7 Å². The largest absolute Gasteiger partial charge is 0.438 e. The predicted molar refractivity (Wildman–Crippen MR) is 179 cm³/mol. The van der Waals surface area contributed by atoms with Gasteiger partial charge in [0.15, 0.2) is 0 Å². The minimum absolute atomic E-state index is 0.0497. The zero-order valence-electron chi connectivity index (χ0n) is 27.0. The Morgan fingerprint density at radius 2 is 0.953 bits per heavy atom. The average Bonchev–Trinajstić information content (AvgIpc) is 3.22. The number of fused-ring (bicyclic) bond motifs is 3. The van der Waals surface area contributed by atoms with Crippen LogP contribution in [0.1, 0.15) is 66.5 Å². The first kappa shape index (κ1) is 34.4. The number of hydrogen-bond acceptors (Lipinski definition) is 8. The van der Waals surface area contributed by atoms with Crippen molar-refractivity contribution in [2.45, 2.75) is 82.8 Å². The number of ketones is 2. The van der Waals surface area contributed by atoms with Crippen molar-refractivity contribution >= 4 is 41.5 Å². The molecule has 2 aromatic rings. The summed E-state index contributed by atoms with van der Waals surface area (Å²) in [6.45, 7) is 21.5. The van der Waals surface area contributed by atoms with Crippen molar-refractivity contribution in [3.63, 3.8) is 0 Å². The van der Waals surface area contributed by atoms with Gasteiger partial charge in [0.25, 0.3) is 15.0 Å². The second kappa shape index (κ2) is 12.5. The fourth-order valence-corrected chi connectivity index (χ4v) is 5.10. The van der Waals surface area contributed by atoms with Crippen molar-refractivity contribution < 1.29 is 28.2 Å². The Morgan fingerprint density at radius 3 is 1.28 bits per heavy atom. The van der Waals surface area contributed by atoms with Gasteiger partial charge in [0, 0.05) is 16.2 Å². The molecule has 0 radical (unpaired) electrons. The standard InChI is InChI=1S/C31H44B4N2O6/c1-19(36)25(38)27(3,4)40-32-29(7,8)42-34-31(23-17-13-11-15-21(23)22-16-12-14-18-24(22)31)35-43-30(9,10)33-41-28(5,6)26(39)20(2)37/h11-18,32-35H,1-2,36-37H2,3-10H3. The monoisotopic (exact) mass is 584 g/mol. The lowest BCUT2D eigenvalue weighted by Crippen LogP contribution is -2.51. The first-order chi connectivity index (χ1) is 19.7. The molecule has 0 unspecified atom stereocenters. The van der Waals surface area contributed by atoms with Gasteiger partial charge in [0.1, 0.15) is 11.2 Å². The highest BCUT2D eigenvalue weighted by Crippen LogP contribution is 2.48. The topological polar surface area (TPSA) is 123 Å². The molecule has 3 rings (SSSR count). The van der Waals surface area contributed by atoms with E-state index in [9.17, 15) is 9.59 Å². The van der Waals surface area contributed by atoms with E-state index in [-0.39, 0.29) is 52.9 Å². The number of carbonyl (C=O) groups is 2. The minimum atomic E-state index is -1.14. The van der Waals surface area contributed by atoms with Crippen LogP contribution in [0.3, 0.4) is 0 Å². The van der Waals surface area contributed by atoms with Crippen LogP contribution in [0.2, 0.25) is 0 Å². The normalized spacial score (nSPS) is 14.2. The molecule has 0 bridgehead atoms. The molecule has 0 heterocycles. The lowest BCUT2D eigenvalue weighted by molar-refractivity contribution is -0.128. The molecular formula is C31H44B4N2O6. The number of Topliss-reactive ketones (excluding diaryl/α,β-unsaturated/α-hetero) is 2. The fourth-order valence-electron chi connectivity index (χ4n) is 5.10. The summed E-state index contributed by atoms with van der Waals surface area (Å²) in [6, 6.07) is 16.5. The molecule has 0 atom stereocenters. The van der Waals surface area contributed by atoms with Crippen LogP contribution in [-0.2, 0) is 33.4 Å². The van der Waals surface area contributed by atoms with E-state index < -0.39 is 27.4 Å². The highest BCUT2D eigenvalue weighted by atomic mass is 16.5. The van der Waals surface area contributed by atoms with Crippen molar-refractivity contribution in [2.75, 3.05) is 0 Å². The summed E-state index contributed by atoms with van der Waals surface area (Å²) in [5.41, 5.74) is 11.8. The van der Waals surface area contributed by atoms with Gasteiger partial charge >= 0.3 is 15.0 Å². The summed E-state index contributed by atoms with van der Waals surface area (Å²) in [6.07, 6.45) is 0. The van der Waals surface area contributed by atoms with Crippen molar-refractivity contribution in [1.29, 1.82) is 0 Å². The molecule has 226 valence electrons. The summed E-state index contributed by atoms with van der Waals surface area (Å²) in [5, 5.41) is -0.657. The molecule has 0 aromatic heterocycles. The molecule has 0 saturated carbocycles. The Kier molecular flexibility index (Phi) is 10.0. The Morgan fingerprint density at radius 1 is 0.628 bits per heavy atom. The number of nitrogens with two attached hydrogens (primary N) is 2. The molecule has 0 fully saturated rings. The van der Waals surface area contributed by atoms with E-state index in [1.807, 2.05) is 52.0 Å². The molecule has 8 nitrogen and oxygen atoms in total. The second-order valence-electron chi connectivity index (χ2n) is 13.6. The van der Waals surface area contributed by atoms with Crippen LogP contribution in [0.15, 0.2) is 73.1 Å². The second-order valence-corrected chi connectivity index (χ2v) is 13.6. The quantitative estimate of drug-likeness (QED) is 0.228. The smallest absolute Gasteiger partial charge is 0.306 e. The highest BCUT2D eigenvalue weighted by molar-refractivity contribution is 6.59. The van der Waals surface area contributed by atoms with Gasteiger partial charge in [-0.05, 0) is 77.6 Å². The minimum Gasteiger partial charge on any atom is -0.438 e. The zero-order valence-corrected chi connectivity index (χ0v) is 27.0. The Labute approximate surface area is 259 Å². The van der Waals surface area contributed by atoms with Crippen molar-refractivity contribution in [2.24, 2.45) is 11.5 Å². The van der Waals surface area contributed by atoms with Crippen LogP contribution in [0.4, 0.5) is 0 Å². The molecule has 4 N–H and O–H groups in total. The van der Waals surface area contributed by atoms with Gasteiger partial charge in [-0.3, -0.25) is 9.59 Å². The van der Waals surface area contributed by atoms with Gasteiger partial charge < -0.3 is 30.1 Å². The van der Waals surface area contributed by atoms with Crippen LogP contribution < -0.4 is 11.5 Å². The molecular weight excluding hydrogens is 540 g/mol. The molecule has 1 aliphatic carbocycles. The molecule has 12 heteroatoms. The first-order valence-electron chi connectivity index (χ1n) is 14.5. The van der Waals surface area contributed by atoms with Crippen LogP contribution in [0, 0.1) is 0 Å². The summed E-state index contributed by atoms with van der Waals surface area (Å²) in [5.74, 6) is -0.728. The van der Waals surface area contributed by atoms with Crippen molar-refractivity contribution in [1.82, 2.24) is 0 Å². The fraction of sp³-hybridized carbons (Fsp3) is 0.419. The van der Waals surface area contributed by atoms with E-state index in [0.29, 0.717) is 0 Å². The van der Waals surface area contributed by atoms with E-state index in [1.165, 1.54) is 0 Å². The third-order valence-corrected chi connectivity index (χ3v) is 7.83. The highest BCUT2D eigenvalue weighted by Gasteiger charge is 2.48. The summed E-state index contributed by atoms with van der Waals surface area (Å²) in [4.78, 5) is 25.0. The number of benzene rings is 2. The molecule has 0 aliphatic heterocycles. The summed E-state index contributed by atoms with van der Waals surface area (Å²) in [7, 11) is 0.856. The zero-order chi connectivity index (χ0) is 32.4. The van der Waals surface area contributed by atoms with Gasteiger partial charge in [-0.1, -0.05) is 61.7 Å². The average molecular weight is 584 g/mol. The van der Waals surface area contributed by atoms with Gasteiger partial charge in [0.05, 0.1) is 11.4 Å². The van der Waals surface area contributed by atoms with Crippen LogP contribution in [-0.4, -0.2) is 63.7 Å². The number of rotatable bonds is 16. The van der Waals surface area contributed by atoms with Gasteiger partial charge in [-0.15, -0.1) is 0 Å².